The first-order valence-corrected chi connectivity index (χ1v) is 10.2. The number of methoxy groups -OCH3 is 1. The van der Waals surface area contributed by atoms with E-state index < -0.39 is 0 Å². The van der Waals surface area contributed by atoms with Crippen molar-refractivity contribution >= 4 is 50.6 Å². The van der Waals surface area contributed by atoms with Gasteiger partial charge in [-0.2, -0.15) is 5.10 Å². The zero-order valence-corrected chi connectivity index (χ0v) is 19.2. The smallest absolute Gasteiger partial charge is 0.275 e. The Bertz CT molecular complexity index is 887. The van der Waals surface area contributed by atoms with Crippen LogP contribution in [0.3, 0.4) is 0 Å². The molecule has 0 aliphatic carbocycles. The van der Waals surface area contributed by atoms with E-state index in [-0.39, 0.29) is 5.91 Å². The van der Waals surface area contributed by atoms with Gasteiger partial charge in [0.25, 0.3) is 5.91 Å². The number of amides is 1. The van der Waals surface area contributed by atoms with Crippen LogP contribution in [0.2, 0.25) is 0 Å². The number of hydrogen-bond donors (Lipinski definition) is 1. The summed E-state index contributed by atoms with van der Waals surface area (Å²) in [6, 6.07) is 8.87. The van der Waals surface area contributed by atoms with Crippen LogP contribution in [0.5, 0.6) is 17.2 Å². The van der Waals surface area contributed by atoms with Gasteiger partial charge >= 0.3 is 0 Å². The Hall–Kier alpha value is -2.07. The Morgan fingerprint density at radius 1 is 1.29 bits per heavy atom. The normalized spacial score (nSPS) is 10.6. The third kappa shape index (κ3) is 5.96. The van der Waals surface area contributed by atoms with E-state index in [2.05, 4.69) is 55.6 Å². The lowest BCUT2D eigenvalue weighted by molar-refractivity contribution is 0.0952. The van der Waals surface area contributed by atoms with Gasteiger partial charge in [0.2, 0.25) is 0 Å². The molecular weight excluding hydrogens is 539 g/mol. The van der Waals surface area contributed by atoms with Crippen LogP contribution in [-0.4, -0.2) is 32.4 Å². The van der Waals surface area contributed by atoms with Gasteiger partial charge in [-0.3, -0.25) is 4.79 Å². The maximum Gasteiger partial charge on any atom is 0.275 e. The van der Waals surface area contributed by atoms with Crippen molar-refractivity contribution in [3.05, 3.63) is 62.2 Å². The lowest BCUT2D eigenvalue weighted by atomic mass is 10.2. The Labute approximate surface area is 186 Å². The summed E-state index contributed by atoms with van der Waals surface area (Å²) in [4.78, 5) is 12.4. The second-order valence-corrected chi connectivity index (χ2v) is 7.48. The van der Waals surface area contributed by atoms with Gasteiger partial charge < -0.3 is 14.2 Å². The predicted octanol–water partition coefficient (Wildman–Crippen LogP) is 4.79. The van der Waals surface area contributed by atoms with Crippen molar-refractivity contribution in [1.29, 1.82) is 0 Å². The molecule has 1 amide bonds. The number of halogens is 2. The topological polar surface area (TPSA) is 69.2 Å². The van der Waals surface area contributed by atoms with E-state index in [4.69, 9.17) is 14.2 Å². The maximum absolute atomic E-state index is 12.4. The van der Waals surface area contributed by atoms with Gasteiger partial charge in [-0.25, -0.2) is 5.43 Å². The van der Waals surface area contributed by atoms with Crippen LogP contribution in [0.25, 0.3) is 0 Å². The molecule has 8 heteroatoms. The fraction of sp³-hybridized carbons (Fsp3) is 0.200. The summed E-state index contributed by atoms with van der Waals surface area (Å²) in [5.74, 6) is 1.35. The molecule has 28 heavy (non-hydrogen) atoms. The number of carbonyl (C=O) groups excluding carboxylic acids is 1. The van der Waals surface area contributed by atoms with Crippen LogP contribution in [0.15, 0.2) is 52.6 Å². The van der Waals surface area contributed by atoms with Gasteiger partial charge in [0.15, 0.2) is 11.5 Å². The largest absolute Gasteiger partial charge is 0.496 e. The van der Waals surface area contributed by atoms with Gasteiger partial charge in [-0.15, -0.1) is 0 Å². The van der Waals surface area contributed by atoms with Crippen molar-refractivity contribution in [2.45, 2.75) is 6.92 Å². The van der Waals surface area contributed by atoms with Crippen molar-refractivity contribution in [3.63, 3.8) is 0 Å². The van der Waals surface area contributed by atoms with Crippen LogP contribution >= 0.6 is 38.5 Å². The van der Waals surface area contributed by atoms with E-state index in [1.54, 1.807) is 36.6 Å². The Kier molecular flexibility index (Phi) is 8.78. The number of hydrazone groups is 1. The summed E-state index contributed by atoms with van der Waals surface area (Å²) in [5, 5.41) is 4.05. The minimum atomic E-state index is -0.375. The summed E-state index contributed by atoms with van der Waals surface area (Å²) in [5.41, 5.74) is 3.66. The van der Waals surface area contributed by atoms with Crippen LogP contribution in [0, 0.1) is 3.57 Å². The molecule has 0 saturated carbocycles. The molecule has 0 bridgehead atoms. The highest BCUT2D eigenvalue weighted by Gasteiger charge is 2.13. The molecule has 0 radical (unpaired) electrons. The molecule has 0 heterocycles. The molecule has 0 aliphatic heterocycles. The fourth-order valence-corrected chi connectivity index (χ4v) is 3.43. The van der Waals surface area contributed by atoms with Crippen LogP contribution in [-0.2, 0) is 0 Å². The third-order valence-corrected chi connectivity index (χ3v) is 4.76. The molecule has 2 aromatic rings. The summed E-state index contributed by atoms with van der Waals surface area (Å²) in [6.45, 7) is 6.44. The van der Waals surface area contributed by atoms with Gasteiger partial charge in [-0.05, 0) is 65.4 Å². The second kappa shape index (κ2) is 11.1. The van der Waals surface area contributed by atoms with Crippen LogP contribution in [0.1, 0.15) is 22.8 Å². The SMILES string of the molecule is C=CCOc1c(I)cc(/C=N\NC(=O)c2cc(Br)ccc2OC)cc1OCC. The fourth-order valence-electron chi connectivity index (χ4n) is 2.29. The third-order valence-electron chi connectivity index (χ3n) is 3.46. The minimum Gasteiger partial charge on any atom is -0.496 e. The van der Waals surface area contributed by atoms with E-state index in [1.807, 2.05) is 13.0 Å². The standard InChI is InChI=1S/C20H20BrIN2O4/c1-4-8-28-19-16(22)9-13(10-18(19)27-5-2)12-23-24-20(25)15-11-14(21)6-7-17(15)26-3/h4,6-7,9-12H,1,5,8H2,2-3H3,(H,24,25)/b23-12-. The zero-order valence-electron chi connectivity index (χ0n) is 15.5. The number of ether oxygens (including phenoxy) is 3. The number of hydrogen-bond acceptors (Lipinski definition) is 5. The van der Waals surface area contributed by atoms with Crippen LogP contribution in [0.4, 0.5) is 0 Å². The molecule has 0 saturated heterocycles. The van der Waals surface area contributed by atoms with Crippen molar-refractivity contribution in [1.82, 2.24) is 5.43 Å². The number of benzene rings is 2. The van der Waals surface area contributed by atoms with Crippen molar-refractivity contribution in [3.8, 4) is 17.2 Å². The van der Waals surface area contributed by atoms with Crippen molar-refractivity contribution < 1.29 is 19.0 Å². The molecule has 1 N–H and O–H groups in total. The summed E-state index contributed by atoms with van der Waals surface area (Å²) < 4.78 is 18.2. The predicted molar refractivity (Wildman–Crippen MR) is 122 cm³/mol. The average molecular weight is 559 g/mol. The molecule has 0 aliphatic rings. The van der Waals surface area contributed by atoms with Gasteiger partial charge in [0.1, 0.15) is 12.4 Å². The van der Waals surface area contributed by atoms with E-state index in [0.29, 0.717) is 36.0 Å². The quantitative estimate of drug-likeness (QED) is 0.208. The molecule has 0 unspecified atom stereocenters. The lowest BCUT2D eigenvalue weighted by Crippen LogP contribution is -2.18. The molecule has 148 valence electrons. The first kappa shape index (κ1) is 22.2. The highest BCUT2D eigenvalue weighted by atomic mass is 127. The minimum absolute atomic E-state index is 0.375. The zero-order chi connectivity index (χ0) is 20.5. The maximum atomic E-state index is 12.4. The number of rotatable bonds is 9. The molecular formula is C20H20BrIN2O4. The summed E-state index contributed by atoms with van der Waals surface area (Å²) in [7, 11) is 1.51. The van der Waals surface area contributed by atoms with Crippen molar-refractivity contribution in [2.24, 2.45) is 5.10 Å². The Balaban J connectivity index is 2.18. The van der Waals surface area contributed by atoms with Crippen molar-refractivity contribution in [2.75, 3.05) is 20.3 Å². The Morgan fingerprint density at radius 3 is 2.75 bits per heavy atom. The van der Waals surface area contributed by atoms with E-state index >= 15 is 0 Å². The molecule has 2 rings (SSSR count). The molecule has 0 spiro atoms. The second-order valence-electron chi connectivity index (χ2n) is 5.41. The molecule has 2 aromatic carbocycles. The first-order chi connectivity index (χ1) is 13.5. The number of nitrogens with one attached hydrogen (secondary N) is 1. The summed E-state index contributed by atoms with van der Waals surface area (Å²) >= 11 is 5.52. The number of carbonyl (C=O) groups is 1. The van der Waals surface area contributed by atoms with E-state index in [1.165, 1.54) is 7.11 Å². The highest BCUT2D eigenvalue weighted by molar-refractivity contribution is 14.1. The average Bonchev–Trinajstić information content (AvgIpc) is 2.67. The van der Waals surface area contributed by atoms with Crippen LogP contribution < -0.4 is 19.6 Å². The van der Waals surface area contributed by atoms with E-state index in [9.17, 15) is 4.79 Å². The molecule has 0 aromatic heterocycles. The Morgan fingerprint density at radius 2 is 2.07 bits per heavy atom. The molecule has 6 nitrogen and oxygen atoms in total. The monoisotopic (exact) mass is 558 g/mol. The van der Waals surface area contributed by atoms with E-state index in [0.717, 1.165) is 13.6 Å². The highest BCUT2D eigenvalue weighted by Crippen LogP contribution is 2.34. The number of nitrogens with zero attached hydrogens (tertiary/aromatic N) is 1. The van der Waals surface area contributed by atoms with Gasteiger partial charge in [0.05, 0.1) is 29.1 Å². The first-order valence-electron chi connectivity index (χ1n) is 8.37. The summed E-state index contributed by atoms with van der Waals surface area (Å²) in [6.07, 6.45) is 3.22. The lowest BCUT2D eigenvalue weighted by Gasteiger charge is -2.13. The van der Waals surface area contributed by atoms with Gasteiger partial charge in [-0.1, -0.05) is 28.6 Å². The van der Waals surface area contributed by atoms with Gasteiger partial charge in [0, 0.05) is 4.47 Å². The molecule has 0 atom stereocenters. The molecule has 0 fully saturated rings.